The third-order valence-corrected chi connectivity index (χ3v) is 6.26. The third kappa shape index (κ3) is 2.58. The highest BCUT2D eigenvalue weighted by Crippen LogP contribution is 2.53. The first-order valence-electron chi connectivity index (χ1n) is 8.62. The standard InChI is InChI=1S/C20H18N2O5S/c1-25-15-6-3-5-12(18(15)26-2)13-9-17(23)22-19(14(13)10-21)28-11-20(22,24)16-7-4-8-27-16/h3-8,13,24H,9,11H2,1-2H3/t13-,20-/m1/s1. The summed E-state index contributed by atoms with van der Waals surface area (Å²) >= 11 is 1.27. The second-order valence-electron chi connectivity index (χ2n) is 6.48. The van der Waals surface area contributed by atoms with Gasteiger partial charge in [-0.25, -0.2) is 0 Å². The summed E-state index contributed by atoms with van der Waals surface area (Å²) in [5.41, 5.74) is -0.488. The first-order chi connectivity index (χ1) is 13.5. The fraction of sp³-hybridized carbons (Fsp3) is 0.300. The Hall–Kier alpha value is -2.89. The lowest BCUT2D eigenvalue weighted by atomic mass is 9.85. The van der Waals surface area contributed by atoms with Crippen LogP contribution >= 0.6 is 11.8 Å². The molecule has 144 valence electrons. The van der Waals surface area contributed by atoms with Crippen LogP contribution in [0.15, 0.2) is 51.6 Å². The predicted molar refractivity (Wildman–Crippen MR) is 101 cm³/mol. The van der Waals surface area contributed by atoms with Crippen molar-refractivity contribution in [3.8, 4) is 17.6 Å². The average molecular weight is 398 g/mol. The van der Waals surface area contributed by atoms with Gasteiger partial charge in [0.25, 0.3) is 0 Å². The molecule has 0 spiro atoms. The van der Waals surface area contributed by atoms with E-state index >= 15 is 0 Å². The van der Waals surface area contributed by atoms with Crippen LogP contribution < -0.4 is 9.47 Å². The second-order valence-corrected chi connectivity index (χ2v) is 7.45. The number of methoxy groups -OCH3 is 2. The second kappa shape index (κ2) is 6.93. The molecule has 0 aliphatic carbocycles. The molecule has 28 heavy (non-hydrogen) atoms. The number of benzene rings is 1. The summed E-state index contributed by atoms with van der Waals surface area (Å²) in [6.45, 7) is 0. The lowest BCUT2D eigenvalue weighted by Gasteiger charge is -2.36. The van der Waals surface area contributed by atoms with Gasteiger partial charge >= 0.3 is 0 Å². The van der Waals surface area contributed by atoms with Crippen molar-refractivity contribution >= 4 is 17.7 Å². The quantitative estimate of drug-likeness (QED) is 0.846. The number of para-hydroxylation sites is 1. The lowest BCUT2D eigenvalue weighted by molar-refractivity contribution is -0.152. The number of furan rings is 1. The average Bonchev–Trinajstić information content (AvgIpc) is 3.37. The maximum atomic E-state index is 13.1. The molecule has 4 rings (SSSR count). The first kappa shape index (κ1) is 18.5. The van der Waals surface area contributed by atoms with Gasteiger partial charge in [-0.2, -0.15) is 5.26 Å². The molecule has 2 aliphatic heterocycles. The number of nitriles is 1. The summed E-state index contributed by atoms with van der Waals surface area (Å²) in [4.78, 5) is 14.4. The van der Waals surface area contributed by atoms with Crippen molar-refractivity contribution in [2.45, 2.75) is 18.1 Å². The van der Waals surface area contributed by atoms with E-state index in [-0.39, 0.29) is 23.8 Å². The summed E-state index contributed by atoms with van der Waals surface area (Å²) in [7, 11) is 3.06. The molecule has 7 nitrogen and oxygen atoms in total. The van der Waals surface area contributed by atoms with Crippen LogP contribution in [-0.4, -0.2) is 35.9 Å². The Balaban J connectivity index is 1.85. The summed E-state index contributed by atoms with van der Waals surface area (Å²) < 4.78 is 16.2. The molecular formula is C20H18N2O5S. The first-order valence-corrected chi connectivity index (χ1v) is 9.61. The minimum atomic E-state index is -1.61. The zero-order chi connectivity index (χ0) is 19.9. The normalized spacial score (nSPS) is 24.1. The molecule has 2 aromatic rings. The van der Waals surface area contributed by atoms with E-state index in [1.165, 1.54) is 37.1 Å². The molecular weight excluding hydrogens is 380 g/mol. The minimum absolute atomic E-state index is 0.0273. The van der Waals surface area contributed by atoms with E-state index in [0.717, 1.165) is 0 Å². The Morgan fingerprint density at radius 3 is 2.79 bits per heavy atom. The number of carbonyl (C=O) groups excluding carboxylic acids is 1. The number of hydrogen-bond acceptors (Lipinski definition) is 7. The van der Waals surface area contributed by atoms with E-state index in [2.05, 4.69) is 6.07 Å². The Bertz CT molecular complexity index is 995. The van der Waals surface area contributed by atoms with Crippen molar-refractivity contribution in [2.75, 3.05) is 20.0 Å². The number of thioether (sulfide) groups is 1. The molecule has 0 bridgehead atoms. The molecule has 8 heteroatoms. The van der Waals surface area contributed by atoms with Gasteiger partial charge in [0.05, 0.1) is 42.9 Å². The van der Waals surface area contributed by atoms with Crippen molar-refractivity contribution in [2.24, 2.45) is 0 Å². The van der Waals surface area contributed by atoms with Crippen LogP contribution in [0.25, 0.3) is 0 Å². The number of ether oxygens (including phenoxy) is 2. The smallest absolute Gasteiger partial charge is 0.231 e. The van der Waals surface area contributed by atoms with Crippen molar-refractivity contribution in [3.05, 3.63) is 58.5 Å². The molecule has 1 aromatic heterocycles. The van der Waals surface area contributed by atoms with Gasteiger partial charge in [-0.3, -0.25) is 9.69 Å². The van der Waals surface area contributed by atoms with Gasteiger partial charge in [-0.05, 0) is 18.2 Å². The van der Waals surface area contributed by atoms with Crippen molar-refractivity contribution in [1.82, 2.24) is 4.90 Å². The highest BCUT2D eigenvalue weighted by Gasteiger charge is 2.53. The van der Waals surface area contributed by atoms with E-state index in [1.807, 2.05) is 6.07 Å². The number of rotatable bonds is 4. The number of fused-ring (bicyclic) bond motifs is 1. The van der Waals surface area contributed by atoms with Crippen LogP contribution in [0.3, 0.4) is 0 Å². The fourth-order valence-electron chi connectivity index (χ4n) is 3.77. The lowest BCUT2D eigenvalue weighted by Crippen LogP contribution is -2.48. The Kier molecular flexibility index (Phi) is 4.57. The molecule has 0 radical (unpaired) electrons. The summed E-state index contributed by atoms with van der Waals surface area (Å²) in [6.07, 6.45) is 1.47. The molecule has 0 unspecified atom stereocenters. The third-order valence-electron chi connectivity index (χ3n) is 5.04. The summed E-state index contributed by atoms with van der Waals surface area (Å²) in [6, 6.07) is 10.9. The largest absolute Gasteiger partial charge is 0.493 e. The predicted octanol–water partition coefficient (Wildman–Crippen LogP) is 2.94. The number of amides is 1. The summed E-state index contributed by atoms with van der Waals surface area (Å²) in [5, 5.41) is 21.5. The molecule has 1 saturated heterocycles. The van der Waals surface area contributed by atoms with Gasteiger partial charge in [-0.15, -0.1) is 11.8 Å². The zero-order valence-corrected chi connectivity index (χ0v) is 16.2. The van der Waals surface area contributed by atoms with E-state index < -0.39 is 11.6 Å². The van der Waals surface area contributed by atoms with E-state index in [4.69, 9.17) is 13.9 Å². The molecule has 2 atom stereocenters. The van der Waals surface area contributed by atoms with Crippen LogP contribution in [0.4, 0.5) is 0 Å². The molecule has 1 fully saturated rings. The molecule has 2 aliphatic rings. The van der Waals surface area contributed by atoms with Crippen molar-refractivity contribution in [1.29, 1.82) is 5.26 Å². The van der Waals surface area contributed by atoms with Gasteiger partial charge < -0.3 is 19.0 Å². The number of nitrogens with zero attached hydrogens (tertiary/aromatic N) is 2. The number of allylic oxidation sites excluding steroid dienone is 1. The van der Waals surface area contributed by atoms with E-state index in [1.54, 1.807) is 24.3 Å². The SMILES string of the molecule is COc1cccc([C@H]2CC(=O)N3C(=C2C#N)SC[C@@]3(O)c2ccco2)c1OC. The number of hydrogen-bond donors (Lipinski definition) is 1. The van der Waals surface area contributed by atoms with Crippen molar-refractivity contribution in [3.63, 3.8) is 0 Å². The van der Waals surface area contributed by atoms with Gasteiger partial charge in [-0.1, -0.05) is 12.1 Å². The maximum Gasteiger partial charge on any atom is 0.231 e. The van der Waals surface area contributed by atoms with Gasteiger partial charge in [0.2, 0.25) is 11.6 Å². The number of aliphatic hydroxyl groups is 1. The topological polar surface area (TPSA) is 95.9 Å². The number of carbonyl (C=O) groups is 1. The Labute approximate surface area is 166 Å². The monoisotopic (exact) mass is 398 g/mol. The van der Waals surface area contributed by atoms with Gasteiger partial charge in [0.1, 0.15) is 0 Å². The fourth-order valence-corrected chi connectivity index (χ4v) is 5.10. The highest BCUT2D eigenvalue weighted by atomic mass is 32.2. The van der Waals surface area contributed by atoms with Crippen LogP contribution in [0, 0.1) is 11.3 Å². The Morgan fingerprint density at radius 2 is 2.14 bits per heavy atom. The van der Waals surface area contributed by atoms with Gasteiger partial charge in [0, 0.05) is 17.9 Å². The molecule has 1 N–H and O–H groups in total. The maximum absolute atomic E-state index is 13.1. The molecule has 0 saturated carbocycles. The van der Waals surface area contributed by atoms with Crippen LogP contribution in [0.2, 0.25) is 0 Å². The van der Waals surface area contributed by atoms with Crippen LogP contribution in [0.5, 0.6) is 11.5 Å². The minimum Gasteiger partial charge on any atom is -0.493 e. The zero-order valence-electron chi connectivity index (χ0n) is 15.3. The van der Waals surface area contributed by atoms with Crippen molar-refractivity contribution < 1.29 is 23.8 Å². The van der Waals surface area contributed by atoms with E-state index in [9.17, 15) is 15.2 Å². The Morgan fingerprint density at radius 1 is 1.32 bits per heavy atom. The molecule has 1 amide bonds. The van der Waals surface area contributed by atoms with Gasteiger partial charge in [0.15, 0.2) is 17.3 Å². The van der Waals surface area contributed by atoms with Crippen LogP contribution in [-0.2, 0) is 10.5 Å². The molecule has 1 aromatic carbocycles. The van der Waals surface area contributed by atoms with E-state index in [0.29, 0.717) is 27.7 Å². The van der Waals surface area contributed by atoms with Crippen LogP contribution in [0.1, 0.15) is 23.7 Å². The summed E-state index contributed by atoms with van der Waals surface area (Å²) in [5.74, 6) is 0.720. The highest BCUT2D eigenvalue weighted by molar-refractivity contribution is 8.03. The molecule has 3 heterocycles.